The van der Waals surface area contributed by atoms with Crippen LogP contribution in [0.3, 0.4) is 0 Å². The molecule has 1 aromatic heterocycles. The van der Waals surface area contributed by atoms with E-state index in [1.54, 1.807) is 7.11 Å². The molecule has 5 heteroatoms. The number of hydrogen-bond acceptors (Lipinski definition) is 4. The van der Waals surface area contributed by atoms with Gasteiger partial charge in [-0.15, -0.1) is 0 Å². The summed E-state index contributed by atoms with van der Waals surface area (Å²) in [7, 11) is 1.65. The third kappa shape index (κ3) is 2.79. The van der Waals surface area contributed by atoms with Crippen LogP contribution in [-0.4, -0.2) is 23.7 Å². The van der Waals surface area contributed by atoms with Crippen molar-refractivity contribution in [3.8, 4) is 5.75 Å². The van der Waals surface area contributed by atoms with Gasteiger partial charge in [-0.25, -0.2) is 10.4 Å². The molecule has 0 spiro atoms. The molecule has 1 unspecified atom stereocenters. The van der Waals surface area contributed by atoms with E-state index in [-0.39, 0.29) is 11.8 Å². The molecule has 3 rings (SSSR count). The summed E-state index contributed by atoms with van der Waals surface area (Å²) in [5.41, 5.74) is 6.33. The fraction of sp³-hybridized carbons (Fsp3) is 0.389. The van der Waals surface area contributed by atoms with E-state index in [2.05, 4.69) is 30.4 Å². The summed E-state index contributed by atoms with van der Waals surface area (Å²) in [6.07, 6.45) is 0.448. The maximum absolute atomic E-state index is 11.5. The van der Waals surface area contributed by atoms with Gasteiger partial charge in [-0.1, -0.05) is 26.8 Å². The minimum absolute atomic E-state index is 0.0423. The van der Waals surface area contributed by atoms with Crippen molar-refractivity contribution >= 4 is 22.5 Å². The number of carbonyl (C=O) groups is 1. The number of carbonyl (C=O) groups excluding carboxylic acids is 1. The topological polar surface area (TPSA) is 63.6 Å². The Bertz CT molecular complexity index is 796. The molecule has 1 atom stereocenters. The molecule has 2 heterocycles. The summed E-state index contributed by atoms with van der Waals surface area (Å²) in [5.74, 6) is 1.13. The Morgan fingerprint density at radius 3 is 2.70 bits per heavy atom. The van der Waals surface area contributed by atoms with Gasteiger partial charge >= 0.3 is 0 Å². The van der Waals surface area contributed by atoms with Crippen molar-refractivity contribution in [1.82, 2.24) is 10.4 Å². The van der Waals surface area contributed by atoms with Gasteiger partial charge in [-0.2, -0.15) is 5.10 Å². The lowest BCUT2D eigenvalue weighted by Crippen LogP contribution is -2.32. The van der Waals surface area contributed by atoms with Gasteiger partial charge in [-0.3, -0.25) is 4.79 Å². The molecule has 0 aliphatic carbocycles. The standard InChI is InChI=1S/C18H21N3O2/c1-10(2)14-7-5-13-12(6-8-15(23-4)18(13)19-14)17-11(3)9-16(22)20-21-17/h5-8,10-11H,9H2,1-4H3,(H,20,22). The monoisotopic (exact) mass is 311 g/mol. The van der Waals surface area contributed by atoms with E-state index in [1.807, 2.05) is 25.1 Å². The van der Waals surface area contributed by atoms with Gasteiger partial charge in [-0.05, 0) is 24.1 Å². The van der Waals surface area contributed by atoms with E-state index in [1.165, 1.54) is 0 Å². The van der Waals surface area contributed by atoms with E-state index in [4.69, 9.17) is 9.72 Å². The summed E-state index contributed by atoms with van der Waals surface area (Å²) >= 11 is 0. The molecule has 0 fully saturated rings. The van der Waals surface area contributed by atoms with Crippen molar-refractivity contribution in [2.45, 2.75) is 33.1 Å². The number of ether oxygens (including phenoxy) is 1. The number of aromatic nitrogens is 1. The molecule has 0 saturated heterocycles. The van der Waals surface area contributed by atoms with Crippen LogP contribution < -0.4 is 10.2 Å². The van der Waals surface area contributed by atoms with Crippen LogP contribution in [0, 0.1) is 5.92 Å². The smallest absolute Gasteiger partial charge is 0.240 e. The van der Waals surface area contributed by atoms with Gasteiger partial charge in [0.25, 0.3) is 0 Å². The Labute approximate surface area is 135 Å². The second kappa shape index (κ2) is 5.99. The first-order valence-corrected chi connectivity index (χ1v) is 7.85. The maximum atomic E-state index is 11.5. The van der Waals surface area contributed by atoms with Crippen molar-refractivity contribution in [2.24, 2.45) is 11.0 Å². The minimum Gasteiger partial charge on any atom is -0.494 e. The van der Waals surface area contributed by atoms with E-state index >= 15 is 0 Å². The number of pyridine rings is 1. The zero-order valence-corrected chi connectivity index (χ0v) is 13.9. The Morgan fingerprint density at radius 1 is 1.26 bits per heavy atom. The Balaban J connectivity index is 2.21. The molecule has 0 saturated carbocycles. The second-order valence-electron chi connectivity index (χ2n) is 6.24. The summed E-state index contributed by atoms with van der Waals surface area (Å²) in [6.45, 7) is 6.25. The number of rotatable bonds is 3. The molecule has 0 bridgehead atoms. The maximum Gasteiger partial charge on any atom is 0.240 e. The zero-order chi connectivity index (χ0) is 16.6. The van der Waals surface area contributed by atoms with E-state index < -0.39 is 0 Å². The van der Waals surface area contributed by atoms with Crippen molar-refractivity contribution in [3.63, 3.8) is 0 Å². The molecule has 120 valence electrons. The highest BCUT2D eigenvalue weighted by molar-refractivity contribution is 6.14. The zero-order valence-electron chi connectivity index (χ0n) is 13.9. The largest absolute Gasteiger partial charge is 0.494 e. The Morgan fingerprint density at radius 2 is 2.04 bits per heavy atom. The molecule has 1 amide bonds. The molecule has 5 nitrogen and oxygen atoms in total. The van der Waals surface area contributed by atoms with Crippen LogP contribution in [0.2, 0.25) is 0 Å². The molecule has 0 radical (unpaired) electrons. The van der Waals surface area contributed by atoms with Gasteiger partial charge < -0.3 is 4.74 Å². The number of benzene rings is 1. The van der Waals surface area contributed by atoms with Crippen LogP contribution in [0.4, 0.5) is 0 Å². The Kier molecular flexibility index (Phi) is 4.03. The highest BCUT2D eigenvalue weighted by Crippen LogP contribution is 2.31. The van der Waals surface area contributed by atoms with Crippen LogP contribution in [0.15, 0.2) is 29.4 Å². The first-order valence-electron chi connectivity index (χ1n) is 7.85. The molecule has 1 aliphatic rings. The van der Waals surface area contributed by atoms with Crippen LogP contribution in [0.5, 0.6) is 5.75 Å². The molecule has 1 aromatic carbocycles. The summed E-state index contributed by atoms with van der Waals surface area (Å²) in [4.78, 5) is 16.3. The van der Waals surface area contributed by atoms with Crippen molar-refractivity contribution in [1.29, 1.82) is 0 Å². The SMILES string of the molecule is COc1ccc(C2=NNC(=O)CC2C)c2ccc(C(C)C)nc12. The summed E-state index contributed by atoms with van der Waals surface area (Å²) in [5, 5.41) is 5.27. The molecule has 2 aromatic rings. The summed E-state index contributed by atoms with van der Waals surface area (Å²) < 4.78 is 5.48. The van der Waals surface area contributed by atoms with E-state index in [0.717, 1.165) is 33.6 Å². The third-order valence-corrected chi connectivity index (χ3v) is 4.19. The van der Waals surface area contributed by atoms with Crippen molar-refractivity contribution < 1.29 is 9.53 Å². The first-order chi connectivity index (χ1) is 11.0. The number of nitrogens with one attached hydrogen (secondary N) is 1. The van der Waals surface area contributed by atoms with Crippen LogP contribution in [0.25, 0.3) is 10.9 Å². The predicted octanol–water partition coefficient (Wildman–Crippen LogP) is 3.23. The normalized spacial score (nSPS) is 18.0. The van der Waals surface area contributed by atoms with Crippen molar-refractivity contribution in [3.05, 3.63) is 35.5 Å². The van der Waals surface area contributed by atoms with E-state index in [0.29, 0.717) is 12.3 Å². The second-order valence-corrected chi connectivity index (χ2v) is 6.24. The van der Waals surface area contributed by atoms with Crippen molar-refractivity contribution in [2.75, 3.05) is 7.11 Å². The van der Waals surface area contributed by atoms with Gasteiger partial charge in [0.1, 0.15) is 11.3 Å². The lowest BCUT2D eigenvalue weighted by atomic mass is 9.91. The lowest BCUT2D eigenvalue weighted by molar-refractivity contribution is -0.121. The Hall–Kier alpha value is -2.43. The lowest BCUT2D eigenvalue weighted by Gasteiger charge is -2.21. The fourth-order valence-corrected chi connectivity index (χ4v) is 2.90. The third-order valence-electron chi connectivity index (χ3n) is 4.19. The molecular weight excluding hydrogens is 290 g/mol. The van der Waals surface area contributed by atoms with E-state index in [9.17, 15) is 4.79 Å². The average molecular weight is 311 g/mol. The molecular formula is C18H21N3O2. The number of amides is 1. The van der Waals surface area contributed by atoms with Crippen LogP contribution in [0.1, 0.15) is 44.4 Å². The quantitative estimate of drug-likeness (QED) is 0.946. The molecule has 1 N–H and O–H groups in total. The van der Waals surface area contributed by atoms with Gasteiger partial charge in [0, 0.05) is 29.0 Å². The number of fused-ring (bicyclic) bond motifs is 1. The number of hydrogen-bond donors (Lipinski definition) is 1. The molecule has 23 heavy (non-hydrogen) atoms. The number of hydrazone groups is 1. The van der Waals surface area contributed by atoms with Gasteiger partial charge in [0.05, 0.1) is 12.8 Å². The summed E-state index contributed by atoms with van der Waals surface area (Å²) in [6, 6.07) is 8.02. The highest BCUT2D eigenvalue weighted by atomic mass is 16.5. The molecule has 1 aliphatic heterocycles. The predicted molar refractivity (Wildman–Crippen MR) is 90.8 cm³/mol. The van der Waals surface area contributed by atoms with Gasteiger partial charge in [0.2, 0.25) is 5.91 Å². The van der Waals surface area contributed by atoms with Crippen LogP contribution >= 0.6 is 0 Å². The highest BCUT2D eigenvalue weighted by Gasteiger charge is 2.24. The number of nitrogens with zero attached hydrogens (tertiary/aromatic N) is 2. The average Bonchev–Trinajstić information content (AvgIpc) is 2.53. The number of methoxy groups -OCH3 is 1. The van der Waals surface area contributed by atoms with Gasteiger partial charge in [0.15, 0.2) is 0 Å². The fourth-order valence-electron chi connectivity index (χ4n) is 2.90. The minimum atomic E-state index is -0.0423. The van der Waals surface area contributed by atoms with Crippen LogP contribution in [-0.2, 0) is 4.79 Å². The first kappa shape index (κ1) is 15.5.